The smallest absolute Gasteiger partial charge is 0.339 e. The fourth-order valence-electron chi connectivity index (χ4n) is 2.95. The molecule has 2 aromatic rings. The van der Waals surface area contributed by atoms with E-state index in [2.05, 4.69) is 6.58 Å². The molecule has 0 saturated heterocycles. The molecule has 4 nitrogen and oxygen atoms in total. The summed E-state index contributed by atoms with van der Waals surface area (Å²) in [7, 11) is 0. The molecule has 1 aliphatic heterocycles. The van der Waals surface area contributed by atoms with Crippen molar-refractivity contribution in [2.75, 3.05) is 6.54 Å². The summed E-state index contributed by atoms with van der Waals surface area (Å²) in [5, 5.41) is 1.98. The Morgan fingerprint density at radius 3 is 2.88 bits per heavy atom. The first-order valence-corrected chi connectivity index (χ1v) is 8.65. The summed E-state index contributed by atoms with van der Waals surface area (Å²) in [6.45, 7) is 6.31. The number of carbonyl (C=O) groups is 2. The Kier molecular flexibility index (Phi) is 4.53. The van der Waals surface area contributed by atoms with Gasteiger partial charge in [-0.3, -0.25) is 4.79 Å². The maximum atomic E-state index is 13.1. The number of ether oxygens (including phenoxy) is 1. The van der Waals surface area contributed by atoms with Gasteiger partial charge in [-0.15, -0.1) is 17.9 Å². The molecule has 0 aliphatic carbocycles. The van der Waals surface area contributed by atoms with E-state index in [1.807, 2.05) is 29.6 Å². The van der Waals surface area contributed by atoms with E-state index in [0.717, 1.165) is 10.4 Å². The molecule has 1 aromatic carbocycles. The van der Waals surface area contributed by atoms with Crippen LogP contribution in [-0.2, 0) is 22.5 Å². The molecular formula is C19H19NO3S. The molecule has 1 atom stereocenters. The van der Waals surface area contributed by atoms with Crippen LogP contribution in [0.2, 0.25) is 0 Å². The highest BCUT2D eigenvalue weighted by Gasteiger charge is 2.44. The van der Waals surface area contributed by atoms with Gasteiger partial charge in [0.25, 0.3) is 5.91 Å². The zero-order chi connectivity index (χ0) is 17.2. The van der Waals surface area contributed by atoms with Crippen LogP contribution in [0, 0.1) is 0 Å². The van der Waals surface area contributed by atoms with Gasteiger partial charge in [0.2, 0.25) is 0 Å². The van der Waals surface area contributed by atoms with Crippen LogP contribution in [0.15, 0.2) is 54.4 Å². The Hall–Kier alpha value is -2.40. The van der Waals surface area contributed by atoms with Gasteiger partial charge in [0, 0.05) is 17.8 Å². The molecule has 0 N–H and O–H groups in total. The van der Waals surface area contributed by atoms with Gasteiger partial charge in [-0.1, -0.05) is 30.3 Å². The first-order chi connectivity index (χ1) is 11.5. The van der Waals surface area contributed by atoms with Crippen LogP contribution in [-0.4, -0.2) is 28.9 Å². The van der Waals surface area contributed by atoms with Crippen molar-refractivity contribution in [3.05, 3.63) is 70.4 Å². The molecule has 1 aliphatic rings. The molecule has 0 spiro atoms. The standard InChI is InChI=1S/C19H19NO3S/c1-3-10-20(13-15-8-6-11-24-15)18(22)19(2)12-14-7-4-5-9-16(14)17(21)23-19/h3-9,11H,1,10,12-13H2,2H3. The van der Waals surface area contributed by atoms with Gasteiger partial charge in [0.05, 0.1) is 12.1 Å². The lowest BCUT2D eigenvalue weighted by Crippen LogP contribution is -2.53. The number of cyclic esters (lactones) is 1. The monoisotopic (exact) mass is 341 g/mol. The maximum absolute atomic E-state index is 13.1. The predicted molar refractivity (Wildman–Crippen MR) is 93.9 cm³/mol. The van der Waals surface area contributed by atoms with Crippen molar-refractivity contribution in [2.45, 2.75) is 25.5 Å². The minimum absolute atomic E-state index is 0.196. The highest BCUT2D eigenvalue weighted by molar-refractivity contribution is 7.09. The lowest BCUT2D eigenvalue weighted by molar-refractivity contribution is -0.151. The fourth-order valence-corrected chi connectivity index (χ4v) is 3.67. The van der Waals surface area contributed by atoms with Crippen molar-refractivity contribution in [1.29, 1.82) is 0 Å². The molecule has 0 radical (unpaired) electrons. The quantitative estimate of drug-likeness (QED) is 0.618. The largest absolute Gasteiger partial charge is 0.445 e. The number of rotatable bonds is 5. The summed E-state index contributed by atoms with van der Waals surface area (Å²) in [5.74, 6) is -0.638. The van der Waals surface area contributed by atoms with E-state index in [-0.39, 0.29) is 5.91 Å². The van der Waals surface area contributed by atoms with Crippen molar-refractivity contribution in [2.24, 2.45) is 0 Å². The zero-order valence-electron chi connectivity index (χ0n) is 13.5. The number of benzene rings is 1. The van der Waals surface area contributed by atoms with E-state index >= 15 is 0 Å². The summed E-state index contributed by atoms with van der Waals surface area (Å²) in [6, 6.07) is 11.2. The fraction of sp³-hybridized carbons (Fsp3) is 0.263. The Labute approximate surface area is 145 Å². The van der Waals surface area contributed by atoms with Crippen LogP contribution in [0.1, 0.15) is 27.7 Å². The average molecular weight is 341 g/mol. The highest BCUT2D eigenvalue weighted by Crippen LogP contribution is 2.30. The van der Waals surface area contributed by atoms with Crippen LogP contribution in [0.5, 0.6) is 0 Å². The summed E-state index contributed by atoms with van der Waals surface area (Å²) in [5.41, 5.74) is 0.196. The minimum atomic E-state index is -1.19. The second-order valence-electron chi connectivity index (χ2n) is 6.01. The van der Waals surface area contributed by atoms with Crippen molar-refractivity contribution < 1.29 is 14.3 Å². The third-order valence-electron chi connectivity index (χ3n) is 4.10. The lowest BCUT2D eigenvalue weighted by Gasteiger charge is -2.36. The second-order valence-corrected chi connectivity index (χ2v) is 7.04. The molecule has 24 heavy (non-hydrogen) atoms. The molecule has 0 saturated carbocycles. The van der Waals surface area contributed by atoms with Gasteiger partial charge in [-0.25, -0.2) is 4.79 Å². The van der Waals surface area contributed by atoms with Crippen molar-refractivity contribution >= 4 is 23.2 Å². The summed E-state index contributed by atoms with van der Waals surface area (Å²) in [6.07, 6.45) is 2.07. The summed E-state index contributed by atoms with van der Waals surface area (Å²) in [4.78, 5) is 28.1. The van der Waals surface area contributed by atoms with Gasteiger partial charge in [0.1, 0.15) is 0 Å². The first-order valence-electron chi connectivity index (χ1n) is 7.77. The molecule has 124 valence electrons. The molecule has 2 heterocycles. The Bertz CT molecular complexity index is 769. The lowest BCUT2D eigenvalue weighted by atomic mass is 9.89. The van der Waals surface area contributed by atoms with E-state index in [4.69, 9.17) is 4.74 Å². The Balaban J connectivity index is 1.86. The SMILES string of the molecule is C=CCN(Cc1cccs1)C(=O)C1(C)Cc2ccccc2C(=O)O1. The topological polar surface area (TPSA) is 46.6 Å². The number of hydrogen-bond acceptors (Lipinski definition) is 4. The van der Waals surface area contributed by atoms with Crippen molar-refractivity contribution in [3.63, 3.8) is 0 Å². The zero-order valence-corrected chi connectivity index (χ0v) is 14.3. The predicted octanol–water partition coefficient (Wildman–Crippen LogP) is 3.43. The van der Waals surface area contributed by atoms with E-state index in [9.17, 15) is 9.59 Å². The summed E-state index contributed by atoms with van der Waals surface area (Å²) < 4.78 is 5.55. The molecule has 1 unspecified atom stereocenters. The number of thiophene rings is 1. The normalized spacial score (nSPS) is 19.3. The number of nitrogens with zero attached hydrogens (tertiary/aromatic N) is 1. The van der Waals surface area contributed by atoms with Crippen LogP contribution in [0.3, 0.4) is 0 Å². The van der Waals surface area contributed by atoms with E-state index in [0.29, 0.717) is 25.1 Å². The number of esters is 1. The molecule has 3 rings (SSSR count). The van der Waals surface area contributed by atoms with Gasteiger partial charge in [0.15, 0.2) is 5.60 Å². The molecule has 1 aromatic heterocycles. The molecule has 0 fully saturated rings. The van der Waals surface area contributed by atoms with Crippen LogP contribution in [0.4, 0.5) is 0 Å². The third-order valence-corrected chi connectivity index (χ3v) is 4.96. The average Bonchev–Trinajstić information content (AvgIpc) is 3.07. The van der Waals surface area contributed by atoms with Gasteiger partial charge < -0.3 is 9.64 Å². The first kappa shape index (κ1) is 16.5. The highest BCUT2D eigenvalue weighted by atomic mass is 32.1. The Morgan fingerprint density at radius 2 is 2.17 bits per heavy atom. The van der Waals surface area contributed by atoms with Gasteiger partial charge in [-0.05, 0) is 30.0 Å². The molecule has 0 bridgehead atoms. The number of carbonyl (C=O) groups excluding carboxylic acids is 2. The maximum Gasteiger partial charge on any atom is 0.339 e. The second kappa shape index (κ2) is 6.61. The van der Waals surface area contributed by atoms with Crippen LogP contribution >= 0.6 is 11.3 Å². The van der Waals surface area contributed by atoms with Gasteiger partial charge in [-0.2, -0.15) is 0 Å². The van der Waals surface area contributed by atoms with Gasteiger partial charge >= 0.3 is 5.97 Å². The van der Waals surface area contributed by atoms with Crippen LogP contribution < -0.4 is 0 Å². The van der Waals surface area contributed by atoms with Crippen molar-refractivity contribution in [1.82, 2.24) is 4.90 Å². The van der Waals surface area contributed by atoms with Crippen molar-refractivity contribution in [3.8, 4) is 0 Å². The summed E-state index contributed by atoms with van der Waals surface area (Å²) >= 11 is 1.59. The number of hydrogen-bond donors (Lipinski definition) is 0. The number of amides is 1. The minimum Gasteiger partial charge on any atom is -0.445 e. The Morgan fingerprint density at radius 1 is 1.38 bits per heavy atom. The molecule has 5 heteroatoms. The molecule has 1 amide bonds. The number of fused-ring (bicyclic) bond motifs is 1. The molecular weight excluding hydrogens is 322 g/mol. The van der Waals surface area contributed by atoms with E-state index in [1.165, 1.54) is 0 Å². The van der Waals surface area contributed by atoms with Crippen LogP contribution in [0.25, 0.3) is 0 Å². The van der Waals surface area contributed by atoms with E-state index < -0.39 is 11.6 Å². The van der Waals surface area contributed by atoms with E-state index in [1.54, 1.807) is 41.4 Å². The third kappa shape index (κ3) is 3.12.